The molecule has 5 rings (SSSR count). The third-order valence-electron chi connectivity index (χ3n) is 4.74. The Morgan fingerprint density at radius 1 is 1.03 bits per heavy atom. The Balaban J connectivity index is 1.45. The van der Waals surface area contributed by atoms with E-state index in [9.17, 15) is 9.59 Å². The summed E-state index contributed by atoms with van der Waals surface area (Å²) < 4.78 is 7.78. The number of amides is 1. The van der Waals surface area contributed by atoms with Crippen LogP contribution in [0.1, 0.15) is 0 Å². The van der Waals surface area contributed by atoms with Gasteiger partial charge in [0.05, 0.1) is 5.56 Å². The first-order valence-corrected chi connectivity index (χ1v) is 10.5. The third kappa shape index (κ3) is 4.23. The van der Waals surface area contributed by atoms with Gasteiger partial charge in [-0.3, -0.25) is 4.79 Å². The van der Waals surface area contributed by atoms with Crippen molar-refractivity contribution < 1.29 is 9.32 Å². The number of pyridine rings is 1. The van der Waals surface area contributed by atoms with Crippen molar-refractivity contribution in [1.82, 2.24) is 24.3 Å². The highest BCUT2D eigenvalue weighted by molar-refractivity contribution is 6.35. The molecule has 2 aromatic carbocycles. The number of nitrogens with one attached hydrogen (secondary N) is 1. The molecule has 1 amide bonds. The molecule has 0 spiro atoms. The van der Waals surface area contributed by atoms with Crippen LogP contribution in [0.4, 0.5) is 5.69 Å². The normalized spacial score (nSPS) is 11.1. The molecule has 0 unspecified atom stereocenters. The SMILES string of the molecule is O=C(Cn1nc2c(-c3nc(-c4ccccc4)no3)cccn2c1=O)Nc1cc(Cl)cc(Cl)c1. The van der Waals surface area contributed by atoms with Crippen molar-refractivity contribution in [3.05, 3.63) is 87.4 Å². The van der Waals surface area contributed by atoms with E-state index < -0.39 is 11.6 Å². The number of aromatic nitrogens is 5. The minimum atomic E-state index is -0.492. The van der Waals surface area contributed by atoms with Gasteiger partial charge in [-0.05, 0) is 30.3 Å². The lowest BCUT2D eigenvalue weighted by molar-refractivity contribution is -0.117. The van der Waals surface area contributed by atoms with E-state index in [0.29, 0.717) is 27.1 Å². The topological polar surface area (TPSA) is 107 Å². The molecular weight excluding hydrogens is 467 g/mol. The summed E-state index contributed by atoms with van der Waals surface area (Å²) in [7, 11) is 0. The number of nitrogens with zero attached hydrogens (tertiary/aromatic N) is 5. The quantitative estimate of drug-likeness (QED) is 0.404. The maximum Gasteiger partial charge on any atom is 0.350 e. The first kappa shape index (κ1) is 20.9. The van der Waals surface area contributed by atoms with Gasteiger partial charge in [0, 0.05) is 27.5 Å². The van der Waals surface area contributed by atoms with E-state index >= 15 is 0 Å². The van der Waals surface area contributed by atoms with E-state index in [0.717, 1.165) is 10.2 Å². The van der Waals surface area contributed by atoms with Crippen molar-refractivity contribution in [1.29, 1.82) is 0 Å². The summed E-state index contributed by atoms with van der Waals surface area (Å²) in [4.78, 5) is 29.7. The molecular formula is C22H14Cl2N6O3. The van der Waals surface area contributed by atoms with Crippen molar-refractivity contribution in [2.45, 2.75) is 6.54 Å². The highest BCUT2D eigenvalue weighted by Gasteiger charge is 2.18. The van der Waals surface area contributed by atoms with Crippen LogP contribution < -0.4 is 11.0 Å². The first-order chi connectivity index (χ1) is 16.0. The Morgan fingerprint density at radius 3 is 2.55 bits per heavy atom. The summed E-state index contributed by atoms with van der Waals surface area (Å²) >= 11 is 11.9. The van der Waals surface area contributed by atoms with E-state index in [1.807, 2.05) is 30.3 Å². The molecule has 0 fully saturated rings. The van der Waals surface area contributed by atoms with Crippen LogP contribution in [0.25, 0.3) is 28.5 Å². The summed E-state index contributed by atoms with van der Waals surface area (Å²) in [5.74, 6) is 0.146. The van der Waals surface area contributed by atoms with Gasteiger partial charge in [-0.15, -0.1) is 5.10 Å². The van der Waals surface area contributed by atoms with Crippen LogP contribution in [0, 0.1) is 0 Å². The number of hydrogen-bond donors (Lipinski definition) is 1. The Kier molecular flexibility index (Phi) is 5.41. The number of anilines is 1. The highest BCUT2D eigenvalue weighted by atomic mass is 35.5. The maximum absolute atomic E-state index is 12.8. The number of fused-ring (bicyclic) bond motifs is 1. The van der Waals surface area contributed by atoms with Crippen molar-refractivity contribution in [2.24, 2.45) is 0 Å². The molecule has 0 aliphatic carbocycles. The predicted molar refractivity (Wildman–Crippen MR) is 123 cm³/mol. The molecule has 5 aromatic rings. The molecule has 1 N–H and O–H groups in total. The summed E-state index contributed by atoms with van der Waals surface area (Å²) in [6.07, 6.45) is 1.55. The molecule has 0 aliphatic heterocycles. The molecule has 0 atom stereocenters. The first-order valence-electron chi connectivity index (χ1n) is 9.71. The summed E-state index contributed by atoms with van der Waals surface area (Å²) in [6.45, 7) is -0.316. The summed E-state index contributed by atoms with van der Waals surface area (Å²) in [6, 6.07) is 17.4. The lowest BCUT2D eigenvalue weighted by Gasteiger charge is -2.05. The molecule has 11 heteroatoms. The van der Waals surface area contributed by atoms with Crippen LogP contribution in [0.5, 0.6) is 0 Å². The number of halogens is 2. The van der Waals surface area contributed by atoms with Crippen LogP contribution >= 0.6 is 23.2 Å². The Bertz CT molecular complexity index is 1520. The zero-order chi connectivity index (χ0) is 22.9. The molecule has 164 valence electrons. The van der Waals surface area contributed by atoms with Gasteiger partial charge in [-0.2, -0.15) is 4.98 Å². The fourth-order valence-corrected chi connectivity index (χ4v) is 3.83. The van der Waals surface area contributed by atoms with E-state index in [4.69, 9.17) is 27.7 Å². The fraction of sp³-hybridized carbons (Fsp3) is 0.0455. The minimum absolute atomic E-state index is 0.203. The van der Waals surface area contributed by atoms with Gasteiger partial charge in [0.2, 0.25) is 11.7 Å². The van der Waals surface area contributed by atoms with Gasteiger partial charge in [0.25, 0.3) is 5.89 Å². The molecule has 0 bridgehead atoms. The Labute approximate surface area is 196 Å². The summed E-state index contributed by atoms with van der Waals surface area (Å²) in [5, 5.41) is 11.7. The Hall–Kier alpha value is -3.95. The number of carbonyl (C=O) groups excluding carboxylic acids is 1. The molecule has 9 nitrogen and oxygen atoms in total. The van der Waals surface area contributed by atoms with Crippen LogP contribution in [0.2, 0.25) is 10.0 Å². The second kappa shape index (κ2) is 8.53. The van der Waals surface area contributed by atoms with E-state index in [1.54, 1.807) is 36.5 Å². The zero-order valence-electron chi connectivity index (χ0n) is 16.8. The number of carbonyl (C=O) groups is 1. The van der Waals surface area contributed by atoms with Crippen LogP contribution in [0.3, 0.4) is 0 Å². The lowest BCUT2D eigenvalue weighted by atomic mass is 10.2. The predicted octanol–water partition coefficient (Wildman–Crippen LogP) is 4.16. The van der Waals surface area contributed by atoms with E-state index in [-0.39, 0.29) is 18.1 Å². The van der Waals surface area contributed by atoms with Gasteiger partial charge < -0.3 is 9.84 Å². The molecule has 0 radical (unpaired) electrons. The smallest absolute Gasteiger partial charge is 0.333 e. The number of benzene rings is 2. The van der Waals surface area contributed by atoms with Gasteiger partial charge >= 0.3 is 5.69 Å². The number of hydrogen-bond acceptors (Lipinski definition) is 6. The molecule has 3 aromatic heterocycles. The molecule has 0 saturated carbocycles. The van der Waals surface area contributed by atoms with Gasteiger partial charge in [-0.1, -0.05) is 58.7 Å². The van der Waals surface area contributed by atoms with Crippen molar-refractivity contribution in [3.63, 3.8) is 0 Å². The second-order valence-electron chi connectivity index (χ2n) is 7.05. The average molecular weight is 481 g/mol. The van der Waals surface area contributed by atoms with E-state index in [1.165, 1.54) is 4.40 Å². The zero-order valence-corrected chi connectivity index (χ0v) is 18.3. The number of rotatable bonds is 5. The van der Waals surface area contributed by atoms with Crippen LogP contribution in [-0.2, 0) is 11.3 Å². The molecule has 3 heterocycles. The largest absolute Gasteiger partial charge is 0.350 e. The summed E-state index contributed by atoms with van der Waals surface area (Å²) in [5.41, 5.74) is 1.46. The van der Waals surface area contributed by atoms with Gasteiger partial charge in [-0.25, -0.2) is 13.9 Å². The average Bonchev–Trinajstić information content (AvgIpc) is 3.39. The fourth-order valence-electron chi connectivity index (χ4n) is 3.31. The Morgan fingerprint density at radius 2 is 1.79 bits per heavy atom. The molecule has 33 heavy (non-hydrogen) atoms. The van der Waals surface area contributed by atoms with Crippen molar-refractivity contribution >= 4 is 40.4 Å². The van der Waals surface area contributed by atoms with Crippen molar-refractivity contribution in [2.75, 3.05) is 5.32 Å². The van der Waals surface area contributed by atoms with Gasteiger partial charge in [0.15, 0.2) is 5.65 Å². The monoisotopic (exact) mass is 480 g/mol. The van der Waals surface area contributed by atoms with Crippen LogP contribution in [-0.4, -0.2) is 30.2 Å². The lowest BCUT2D eigenvalue weighted by Crippen LogP contribution is -2.28. The standard InChI is InChI=1S/C22H14Cl2N6O3/c23-14-9-15(24)11-16(10-14)25-18(31)12-30-22(32)29-8-4-7-17(20(29)27-30)21-26-19(28-33-21)13-5-2-1-3-6-13/h1-11H,12H2,(H,25,31). The maximum atomic E-state index is 12.8. The van der Waals surface area contributed by atoms with E-state index in [2.05, 4.69) is 20.6 Å². The molecule has 0 saturated heterocycles. The highest BCUT2D eigenvalue weighted by Crippen LogP contribution is 2.25. The van der Waals surface area contributed by atoms with Gasteiger partial charge in [0.1, 0.15) is 6.54 Å². The second-order valence-corrected chi connectivity index (χ2v) is 7.92. The van der Waals surface area contributed by atoms with Crippen molar-refractivity contribution in [3.8, 4) is 22.8 Å². The molecule has 0 aliphatic rings. The third-order valence-corrected chi connectivity index (χ3v) is 5.17. The van der Waals surface area contributed by atoms with Crippen LogP contribution in [0.15, 0.2) is 76.2 Å². The minimum Gasteiger partial charge on any atom is -0.333 e.